The number of hydrogen-bond donors (Lipinski definition) is 0. The third kappa shape index (κ3) is 4.23. The molecule has 0 N–H and O–H groups in total. The molecule has 0 bridgehead atoms. The van der Waals surface area contributed by atoms with Gasteiger partial charge in [0.1, 0.15) is 16.5 Å². The standard InChI is InChI=1S/C22H14ClN3O7/c1-11-3-4-13(8-18(11)25(28)29)21-24-17(22(27)33-21)9-14-5-6-20(32-14)15-10-16(23)19(26(30)31)7-12(15)2/h3-10H,1-2H3/b17-9-. The maximum absolute atomic E-state index is 12.3. The minimum absolute atomic E-state index is 0.0299. The summed E-state index contributed by atoms with van der Waals surface area (Å²) < 4.78 is 10.9. The summed E-state index contributed by atoms with van der Waals surface area (Å²) in [7, 11) is 0. The van der Waals surface area contributed by atoms with E-state index in [1.807, 2.05) is 0 Å². The molecule has 0 saturated carbocycles. The number of nitro benzene ring substituents is 2. The van der Waals surface area contributed by atoms with Gasteiger partial charge in [0.25, 0.3) is 11.4 Å². The average molecular weight is 468 g/mol. The number of aliphatic imine (C=N–C) groups is 1. The predicted molar refractivity (Wildman–Crippen MR) is 119 cm³/mol. The molecule has 2 heterocycles. The molecule has 0 atom stereocenters. The van der Waals surface area contributed by atoms with Gasteiger partial charge in [-0.2, -0.15) is 0 Å². The number of carbonyl (C=O) groups is 1. The number of furan rings is 1. The third-order valence-electron chi connectivity index (χ3n) is 4.94. The molecule has 33 heavy (non-hydrogen) atoms. The van der Waals surface area contributed by atoms with Crippen molar-refractivity contribution in [3.05, 3.63) is 95.9 Å². The third-order valence-corrected chi connectivity index (χ3v) is 5.24. The van der Waals surface area contributed by atoms with Gasteiger partial charge in [0.2, 0.25) is 5.90 Å². The molecule has 0 fully saturated rings. The number of halogens is 1. The highest BCUT2D eigenvalue weighted by molar-refractivity contribution is 6.33. The lowest BCUT2D eigenvalue weighted by atomic mass is 10.1. The van der Waals surface area contributed by atoms with Crippen LogP contribution in [0.3, 0.4) is 0 Å². The predicted octanol–water partition coefficient (Wildman–Crippen LogP) is 5.38. The van der Waals surface area contributed by atoms with E-state index in [2.05, 4.69) is 4.99 Å². The summed E-state index contributed by atoms with van der Waals surface area (Å²) in [5, 5.41) is 22.2. The van der Waals surface area contributed by atoms with Crippen molar-refractivity contribution in [3.8, 4) is 11.3 Å². The first kappa shape index (κ1) is 21.9. The zero-order valence-electron chi connectivity index (χ0n) is 17.2. The van der Waals surface area contributed by atoms with Gasteiger partial charge < -0.3 is 9.15 Å². The van der Waals surface area contributed by atoms with E-state index in [0.717, 1.165) is 0 Å². The molecule has 3 aromatic rings. The van der Waals surface area contributed by atoms with Crippen LogP contribution in [0.1, 0.15) is 22.5 Å². The Morgan fingerprint density at radius 3 is 2.39 bits per heavy atom. The van der Waals surface area contributed by atoms with E-state index in [0.29, 0.717) is 28.0 Å². The van der Waals surface area contributed by atoms with Crippen LogP contribution in [0.2, 0.25) is 5.02 Å². The number of esters is 1. The van der Waals surface area contributed by atoms with Gasteiger partial charge in [-0.1, -0.05) is 17.7 Å². The van der Waals surface area contributed by atoms with Gasteiger partial charge in [-0.05, 0) is 43.7 Å². The first-order valence-corrected chi connectivity index (χ1v) is 9.84. The minimum Gasteiger partial charge on any atom is -0.457 e. The van der Waals surface area contributed by atoms with Crippen molar-refractivity contribution in [3.63, 3.8) is 0 Å². The number of carbonyl (C=O) groups excluding carboxylic acids is 1. The van der Waals surface area contributed by atoms with Gasteiger partial charge in [-0.25, -0.2) is 9.79 Å². The Bertz CT molecular complexity index is 1400. The maximum atomic E-state index is 12.3. The summed E-state index contributed by atoms with van der Waals surface area (Å²) in [6, 6.07) is 10.4. The molecule has 0 saturated heterocycles. The Balaban J connectivity index is 1.65. The van der Waals surface area contributed by atoms with E-state index >= 15 is 0 Å². The number of nitrogens with zero attached hydrogens (tertiary/aromatic N) is 3. The lowest BCUT2D eigenvalue weighted by molar-refractivity contribution is -0.385. The highest BCUT2D eigenvalue weighted by Crippen LogP contribution is 2.34. The van der Waals surface area contributed by atoms with Gasteiger partial charge in [0.15, 0.2) is 5.70 Å². The average Bonchev–Trinajstić information content (AvgIpc) is 3.36. The van der Waals surface area contributed by atoms with Gasteiger partial charge in [-0.3, -0.25) is 20.2 Å². The molecular weight excluding hydrogens is 454 g/mol. The largest absolute Gasteiger partial charge is 0.457 e. The Kier molecular flexibility index (Phi) is 5.52. The Morgan fingerprint density at radius 2 is 1.70 bits per heavy atom. The highest BCUT2D eigenvalue weighted by Gasteiger charge is 2.26. The van der Waals surface area contributed by atoms with Crippen LogP contribution in [-0.2, 0) is 9.53 Å². The van der Waals surface area contributed by atoms with Crippen LogP contribution in [0.25, 0.3) is 17.4 Å². The van der Waals surface area contributed by atoms with Crippen LogP contribution < -0.4 is 0 Å². The number of cyclic esters (lactones) is 1. The highest BCUT2D eigenvalue weighted by atomic mass is 35.5. The molecule has 11 heteroatoms. The van der Waals surface area contributed by atoms with Crippen LogP contribution in [0.4, 0.5) is 11.4 Å². The fourth-order valence-electron chi connectivity index (χ4n) is 3.25. The first-order valence-electron chi connectivity index (χ1n) is 9.47. The van der Waals surface area contributed by atoms with Crippen molar-refractivity contribution in [2.45, 2.75) is 13.8 Å². The summed E-state index contributed by atoms with van der Waals surface area (Å²) in [5.74, 6) is -0.119. The second kappa shape index (κ2) is 8.32. The van der Waals surface area contributed by atoms with Crippen molar-refractivity contribution < 1.29 is 23.8 Å². The zero-order chi connectivity index (χ0) is 23.9. The van der Waals surface area contributed by atoms with E-state index in [-0.39, 0.29) is 33.8 Å². The van der Waals surface area contributed by atoms with E-state index in [9.17, 15) is 25.0 Å². The topological polar surface area (TPSA) is 138 Å². The maximum Gasteiger partial charge on any atom is 0.363 e. The minimum atomic E-state index is -0.735. The smallest absolute Gasteiger partial charge is 0.363 e. The molecule has 166 valence electrons. The van der Waals surface area contributed by atoms with Crippen molar-refractivity contribution in [1.29, 1.82) is 0 Å². The van der Waals surface area contributed by atoms with Gasteiger partial charge in [-0.15, -0.1) is 0 Å². The second-order valence-electron chi connectivity index (χ2n) is 7.17. The van der Waals surface area contributed by atoms with Gasteiger partial charge in [0.05, 0.1) is 9.85 Å². The number of hydrogen-bond acceptors (Lipinski definition) is 8. The summed E-state index contributed by atoms with van der Waals surface area (Å²) in [4.78, 5) is 37.5. The fraction of sp³-hybridized carbons (Fsp3) is 0.0909. The quantitative estimate of drug-likeness (QED) is 0.212. The SMILES string of the molecule is Cc1cc([N+](=O)[O-])c(Cl)cc1-c1ccc(/C=C2\N=C(c3ccc(C)c([N+](=O)[O-])c3)OC2=O)o1. The molecule has 1 aliphatic heterocycles. The zero-order valence-corrected chi connectivity index (χ0v) is 18.0. The van der Waals surface area contributed by atoms with E-state index in [4.69, 9.17) is 20.8 Å². The summed E-state index contributed by atoms with van der Waals surface area (Å²) >= 11 is 6.01. The van der Waals surface area contributed by atoms with Crippen LogP contribution in [0.15, 0.2) is 57.6 Å². The molecule has 0 radical (unpaired) electrons. The number of ether oxygens (including phenoxy) is 1. The molecule has 0 spiro atoms. The number of aryl methyl sites for hydroxylation is 2. The lowest BCUT2D eigenvalue weighted by Gasteiger charge is -2.04. The van der Waals surface area contributed by atoms with Crippen molar-refractivity contribution >= 4 is 40.9 Å². The molecule has 0 amide bonds. The van der Waals surface area contributed by atoms with Crippen LogP contribution in [-0.4, -0.2) is 21.7 Å². The second-order valence-corrected chi connectivity index (χ2v) is 7.58. The number of rotatable bonds is 5. The van der Waals surface area contributed by atoms with Crippen molar-refractivity contribution in [2.24, 2.45) is 4.99 Å². The molecule has 2 aromatic carbocycles. The van der Waals surface area contributed by atoms with Crippen LogP contribution in [0.5, 0.6) is 0 Å². The van der Waals surface area contributed by atoms with E-state index in [1.54, 1.807) is 38.1 Å². The summed E-state index contributed by atoms with van der Waals surface area (Å²) in [6.45, 7) is 3.29. The molecule has 0 unspecified atom stereocenters. The normalized spacial score (nSPS) is 14.3. The molecule has 10 nitrogen and oxygen atoms in total. The first-order chi connectivity index (χ1) is 15.6. The monoisotopic (exact) mass is 467 g/mol. The molecule has 1 aromatic heterocycles. The van der Waals surface area contributed by atoms with Gasteiger partial charge in [0, 0.05) is 34.9 Å². The van der Waals surface area contributed by atoms with Crippen molar-refractivity contribution in [2.75, 3.05) is 0 Å². The Hall–Kier alpha value is -4.31. The Morgan fingerprint density at radius 1 is 0.970 bits per heavy atom. The van der Waals surface area contributed by atoms with E-state index < -0.39 is 15.8 Å². The van der Waals surface area contributed by atoms with Crippen molar-refractivity contribution in [1.82, 2.24) is 0 Å². The number of nitro groups is 2. The lowest BCUT2D eigenvalue weighted by Crippen LogP contribution is -2.06. The summed E-state index contributed by atoms with van der Waals surface area (Å²) in [6.07, 6.45) is 1.36. The van der Waals surface area contributed by atoms with Crippen LogP contribution in [0, 0.1) is 34.1 Å². The number of benzene rings is 2. The Labute approximate surface area is 191 Å². The molecule has 4 rings (SSSR count). The van der Waals surface area contributed by atoms with Gasteiger partial charge >= 0.3 is 5.97 Å². The summed E-state index contributed by atoms with van der Waals surface area (Å²) in [5.41, 5.74) is 1.53. The molecule has 1 aliphatic rings. The molecular formula is C22H14ClN3O7. The molecule has 0 aliphatic carbocycles. The fourth-order valence-corrected chi connectivity index (χ4v) is 3.49. The van der Waals surface area contributed by atoms with Crippen LogP contribution >= 0.6 is 11.6 Å². The van der Waals surface area contributed by atoms with E-state index in [1.165, 1.54) is 24.3 Å².